The first kappa shape index (κ1) is 29.4. The van der Waals surface area contributed by atoms with E-state index in [9.17, 15) is 4.79 Å². The van der Waals surface area contributed by atoms with Gasteiger partial charge in [-0.05, 0) is 56.4 Å². The molecule has 0 spiro atoms. The fourth-order valence-corrected chi connectivity index (χ4v) is 4.67. The summed E-state index contributed by atoms with van der Waals surface area (Å²) in [5.74, 6) is 0.614. The van der Waals surface area contributed by atoms with Crippen LogP contribution in [0.1, 0.15) is 40.9 Å². The second kappa shape index (κ2) is 13.1. The van der Waals surface area contributed by atoms with Crippen LogP contribution in [-0.2, 0) is 6.54 Å². The summed E-state index contributed by atoms with van der Waals surface area (Å²) in [5, 5.41) is 6.34. The normalized spacial score (nSPS) is 11.8. The maximum Gasteiger partial charge on any atom is 0.253 e. The summed E-state index contributed by atoms with van der Waals surface area (Å²) in [6.07, 6.45) is 2.57. The number of nitrogens with zero attached hydrogens (tertiary/aromatic N) is 4. The smallest absolute Gasteiger partial charge is 0.253 e. The minimum atomic E-state index is -0.384. The van der Waals surface area contributed by atoms with E-state index in [2.05, 4.69) is 15.6 Å². The van der Waals surface area contributed by atoms with Gasteiger partial charge in [-0.15, -0.1) is 0 Å². The summed E-state index contributed by atoms with van der Waals surface area (Å²) in [6.45, 7) is 1.69. The molecule has 2 N–H and O–H groups in total. The summed E-state index contributed by atoms with van der Waals surface area (Å²) in [4.78, 5) is 29.2. The van der Waals surface area contributed by atoms with Crippen LogP contribution in [0.15, 0.2) is 77.9 Å². The Morgan fingerprint density at radius 3 is 2.66 bits per heavy atom. The Bertz CT molecular complexity index is 1570. The minimum absolute atomic E-state index is 0. The van der Waals surface area contributed by atoms with Gasteiger partial charge in [-0.2, -0.15) is 0 Å². The molecule has 4 aromatic rings. The highest BCUT2D eigenvalue weighted by Gasteiger charge is 2.25. The first-order valence-electron chi connectivity index (χ1n) is 13.1. The monoisotopic (exact) mass is 554 g/mol. The molecule has 2 heterocycles. The molecule has 0 aliphatic carbocycles. The number of rotatable bonds is 9. The Balaban J connectivity index is 0.00000387. The van der Waals surface area contributed by atoms with Crippen molar-refractivity contribution in [3.8, 4) is 17.0 Å². The Hall–Kier alpha value is -4.63. The molecule has 1 aliphatic rings. The number of hydrogen-bond donors (Lipinski definition) is 2. The molecule has 0 fully saturated rings. The fraction of sp³-hybridized carbons (Fsp3) is 0.250. The van der Waals surface area contributed by atoms with Gasteiger partial charge in [0.25, 0.3) is 5.91 Å². The number of ether oxygens (including phenoxy) is 1. The molecule has 1 amide bonds. The molecule has 0 atom stereocenters. The molecule has 9 heteroatoms. The molecule has 0 saturated carbocycles. The zero-order valence-corrected chi connectivity index (χ0v) is 22.7. The van der Waals surface area contributed by atoms with Crippen LogP contribution in [0.25, 0.3) is 11.3 Å². The molecule has 0 saturated heterocycles. The molecule has 0 unspecified atom stereocenters. The number of amides is 1. The quantitative estimate of drug-likeness (QED) is 0.258. The van der Waals surface area contributed by atoms with Gasteiger partial charge < -0.3 is 20.3 Å². The Morgan fingerprint density at radius 1 is 1.05 bits per heavy atom. The number of aliphatic imine (C=N–C) groups is 1. The van der Waals surface area contributed by atoms with Crippen molar-refractivity contribution < 1.29 is 13.9 Å². The molecule has 212 valence electrons. The molecule has 0 bridgehead atoms. The van der Waals surface area contributed by atoms with Crippen LogP contribution in [0.2, 0.25) is 0 Å². The van der Waals surface area contributed by atoms with Crippen molar-refractivity contribution >= 4 is 23.3 Å². The van der Waals surface area contributed by atoms with Crippen molar-refractivity contribution in [1.29, 1.82) is 0 Å². The van der Waals surface area contributed by atoms with Crippen LogP contribution in [0, 0.1) is 5.82 Å². The van der Waals surface area contributed by atoms with Crippen LogP contribution < -0.4 is 15.4 Å². The maximum absolute atomic E-state index is 15.0. The lowest BCUT2D eigenvalue weighted by molar-refractivity contribution is 0.0793. The molecular formula is C32H35FN6O2. The third-order valence-corrected chi connectivity index (χ3v) is 6.77. The Labute approximate surface area is 240 Å². The third kappa shape index (κ3) is 6.41. The molecule has 5 rings (SSSR count). The van der Waals surface area contributed by atoms with E-state index >= 15 is 4.39 Å². The molecular weight excluding hydrogens is 519 g/mol. The molecule has 41 heavy (non-hydrogen) atoms. The lowest BCUT2D eigenvalue weighted by Crippen LogP contribution is -2.29. The fourth-order valence-electron chi connectivity index (χ4n) is 4.67. The number of halogens is 1. The summed E-state index contributed by atoms with van der Waals surface area (Å²) in [5.41, 5.74) is 4.98. The van der Waals surface area contributed by atoms with Gasteiger partial charge in [0.2, 0.25) is 5.95 Å². The number of nitrogens with one attached hydrogen (secondary N) is 2. The van der Waals surface area contributed by atoms with Gasteiger partial charge in [0, 0.05) is 59.4 Å². The Kier molecular flexibility index (Phi) is 9.41. The number of methoxy groups -OCH3 is 1. The van der Waals surface area contributed by atoms with Gasteiger partial charge in [0.05, 0.1) is 25.1 Å². The van der Waals surface area contributed by atoms with Gasteiger partial charge in [-0.25, -0.2) is 14.4 Å². The SMILES string of the molecule is C.CNCCCN(C)C(=O)c1ccc2c(c1)C(c1ccccc1F)=NCc1cnc(Nc3cccc(OC)c3)nc1-2. The number of aromatic nitrogens is 2. The third-order valence-electron chi connectivity index (χ3n) is 6.77. The number of carbonyl (C=O) groups excluding carboxylic acids is 1. The standard InChI is InChI=1S/C31H31FN6O2.CH4/c1-33-14-7-15-38(2)30(39)20-12-13-24-26(16-20)29(25-10-4-5-11-27(25)32)34-18-21-19-35-31(37-28(21)24)36-22-8-6-9-23(17-22)40-3;/h4-6,8-13,16-17,19,33H,7,14-15,18H2,1-3H3,(H,35,36,37);1H4. The topological polar surface area (TPSA) is 91.7 Å². The van der Waals surface area contributed by atoms with Crippen molar-refractivity contribution in [2.24, 2.45) is 4.99 Å². The number of benzene rings is 3. The zero-order chi connectivity index (χ0) is 28.1. The zero-order valence-electron chi connectivity index (χ0n) is 22.7. The second-order valence-corrected chi connectivity index (χ2v) is 9.51. The van der Waals surface area contributed by atoms with E-state index in [-0.39, 0.29) is 25.7 Å². The first-order chi connectivity index (χ1) is 19.5. The summed E-state index contributed by atoms with van der Waals surface area (Å²) in [6, 6.07) is 19.5. The maximum atomic E-state index is 15.0. The van der Waals surface area contributed by atoms with Crippen LogP contribution >= 0.6 is 0 Å². The van der Waals surface area contributed by atoms with Crippen molar-refractivity contribution in [3.63, 3.8) is 0 Å². The van der Waals surface area contributed by atoms with Crippen LogP contribution in [-0.4, -0.2) is 60.8 Å². The van der Waals surface area contributed by atoms with Gasteiger partial charge in [0.1, 0.15) is 11.6 Å². The second-order valence-electron chi connectivity index (χ2n) is 9.51. The van der Waals surface area contributed by atoms with Gasteiger partial charge in [-0.1, -0.05) is 31.7 Å². The predicted octanol–water partition coefficient (Wildman–Crippen LogP) is 5.70. The van der Waals surface area contributed by atoms with E-state index in [4.69, 9.17) is 14.7 Å². The summed E-state index contributed by atoms with van der Waals surface area (Å²) >= 11 is 0. The van der Waals surface area contributed by atoms with Crippen LogP contribution in [0.4, 0.5) is 16.0 Å². The summed E-state index contributed by atoms with van der Waals surface area (Å²) in [7, 11) is 5.28. The Morgan fingerprint density at radius 2 is 1.88 bits per heavy atom. The van der Waals surface area contributed by atoms with Crippen molar-refractivity contribution in [2.45, 2.75) is 20.4 Å². The highest BCUT2D eigenvalue weighted by Crippen LogP contribution is 2.34. The van der Waals surface area contributed by atoms with Crippen molar-refractivity contribution in [2.75, 3.05) is 39.6 Å². The average molecular weight is 555 g/mol. The number of anilines is 2. The van der Waals surface area contributed by atoms with E-state index in [1.54, 1.807) is 55.6 Å². The lowest BCUT2D eigenvalue weighted by atomic mass is 9.93. The molecule has 1 aliphatic heterocycles. The molecule has 3 aromatic carbocycles. The van der Waals surface area contributed by atoms with E-state index < -0.39 is 0 Å². The lowest BCUT2D eigenvalue weighted by Gasteiger charge is -2.19. The highest BCUT2D eigenvalue weighted by atomic mass is 19.1. The number of hydrogen-bond acceptors (Lipinski definition) is 7. The van der Waals surface area contributed by atoms with Crippen molar-refractivity contribution in [3.05, 3.63) is 101 Å². The van der Waals surface area contributed by atoms with Gasteiger partial charge in [-0.3, -0.25) is 9.79 Å². The number of carbonyl (C=O) groups is 1. The van der Waals surface area contributed by atoms with Crippen LogP contribution in [0.3, 0.4) is 0 Å². The molecule has 0 radical (unpaired) electrons. The van der Waals surface area contributed by atoms with Gasteiger partial charge >= 0.3 is 0 Å². The first-order valence-corrected chi connectivity index (χ1v) is 13.1. The minimum Gasteiger partial charge on any atom is -0.497 e. The predicted molar refractivity (Wildman–Crippen MR) is 162 cm³/mol. The van der Waals surface area contributed by atoms with E-state index in [1.807, 2.05) is 37.4 Å². The number of fused-ring (bicyclic) bond motifs is 3. The highest BCUT2D eigenvalue weighted by molar-refractivity contribution is 6.17. The van der Waals surface area contributed by atoms with E-state index in [0.717, 1.165) is 29.8 Å². The van der Waals surface area contributed by atoms with Gasteiger partial charge in [0.15, 0.2) is 0 Å². The molecule has 8 nitrogen and oxygen atoms in total. The van der Waals surface area contributed by atoms with E-state index in [0.29, 0.717) is 46.3 Å². The molecule has 1 aromatic heterocycles. The van der Waals surface area contributed by atoms with Crippen molar-refractivity contribution in [1.82, 2.24) is 20.2 Å². The van der Waals surface area contributed by atoms with E-state index in [1.165, 1.54) is 6.07 Å². The van der Waals surface area contributed by atoms with Crippen LogP contribution in [0.5, 0.6) is 5.75 Å². The average Bonchev–Trinajstić information content (AvgIpc) is 3.13. The largest absolute Gasteiger partial charge is 0.497 e. The summed E-state index contributed by atoms with van der Waals surface area (Å²) < 4.78 is 20.4.